The van der Waals surface area contributed by atoms with Gasteiger partial charge in [0.15, 0.2) is 0 Å². The summed E-state index contributed by atoms with van der Waals surface area (Å²) in [4.78, 5) is 31.8. The molecule has 1 atom stereocenters. The number of hydrogen-bond donors (Lipinski definition) is 2. The number of anilines is 1. The Hall–Kier alpha value is -2.80. The van der Waals surface area contributed by atoms with Crippen molar-refractivity contribution in [1.82, 2.24) is 15.3 Å². The average Bonchev–Trinajstić information content (AvgIpc) is 2.62. The molecule has 8 heteroatoms. The van der Waals surface area contributed by atoms with E-state index >= 15 is 0 Å². The molecule has 1 heterocycles. The monoisotopic (exact) mass is 376 g/mol. The van der Waals surface area contributed by atoms with E-state index in [1.54, 1.807) is 6.92 Å². The Morgan fingerprint density at radius 1 is 1.23 bits per heavy atom. The van der Waals surface area contributed by atoms with Crippen LogP contribution in [0, 0.1) is 11.7 Å². The van der Waals surface area contributed by atoms with Crippen LogP contribution < -0.4 is 10.6 Å². The van der Waals surface area contributed by atoms with Crippen molar-refractivity contribution in [3.05, 3.63) is 65.6 Å². The topological polar surface area (TPSA) is 84.0 Å². The first-order chi connectivity index (χ1) is 12.3. The lowest BCUT2D eigenvalue weighted by Gasteiger charge is -2.13. The van der Waals surface area contributed by atoms with Gasteiger partial charge in [-0.2, -0.15) is 0 Å². The van der Waals surface area contributed by atoms with Crippen LogP contribution >= 0.6 is 11.6 Å². The number of hydrogen-bond acceptors (Lipinski definition) is 4. The molecule has 0 aliphatic rings. The van der Waals surface area contributed by atoms with Crippen molar-refractivity contribution in [2.45, 2.75) is 19.8 Å². The average molecular weight is 377 g/mol. The number of halogens is 2. The Balaban J connectivity index is 1.78. The maximum Gasteiger partial charge on any atom is 0.275 e. The molecule has 26 heavy (non-hydrogen) atoms. The molecule has 136 valence electrons. The van der Waals surface area contributed by atoms with Crippen LogP contribution in [-0.2, 0) is 4.79 Å². The van der Waals surface area contributed by atoms with Gasteiger partial charge in [0.05, 0.1) is 12.4 Å². The summed E-state index contributed by atoms with van der Waals surface area (Å²) in [7, 11) is 0. The third kappa shape index (κ3) is 5.93. The number of carbonyl (C=O) groups excluding carboxylic acids is 2. The molecule has 2 rings (SSSR count). The second-order valence-corrected chi connectivity index (χ2v) is 6.11. The fourth-order valence-electron chi connectivity index (χ4n) is 2.04. The molecular formula is C18H18ClFN4O2. The van der Waals surface area contributed by atoms with Crippen molar-refractivity contribution in [2.75, 3.05) is 5.32 Å². The van der Waals surface area contributed by atoms with Crippen molar-refractivity contribution >= 4 is 29.1 Å². The van der Waals surface area contributed by atoms with Crippen molar-refractivity contribution < 1.29 is 14.0 Å². The number of aromatic nitrogens is 2. The van der Waals surface area contributed by atoms with Gasteiger partial charge in [0, 0.05) is 17.3 Å². The van der Waals surface area contributed by atoms with Crippen LogP contribution in [0.3, 0.4) is 0 Å². The number of nitrogens with one attached hydrogen (secondary N) is 2. The molecule has 0 aliphatic heterocycles. The van der Waals surface area contributed by atoms with Crippen LogP contribution in [0.25, 0.3) is 0 Å². The zero-order chi connectivity index (χ0) is 19.1. The third-order valence-electron chi connectivity index (χ3n) is 3.58. The van der Waals surface area contributed by atoms with E-state index in [0.717, 1.165) is 0 Å². The second-order valence-electron chi connectivity index (χ2n) is 5.72. The van der Waals surface area contributed by atoms with E-state index in [9.17, 15) is 14.0 Å². The number of rotatable bonds is 7. The Morgan fingerprint density at radius 3 is 2.54 bits per heavy atom. The lowest BCUT2D eigenvalue weighted by molar-refractivity contribution is -0.119. The van der Waals surface area contributed by atoms with Gasteiger partial charge in [-0.05, 0) is 37.1 Å². The van der Waals surface area contributed by atoms with Crippen LogP contribution in [-0.4, -0.2) is 21.8 Å². The zero-order valence-corrected chi connectivity index (χ0v) is 14.9. The maximum atomic E-state index is 12.9. The summed E-state index contributed by atoms with van der Waals surface area (Å²) < 4.78 is 12.9. The first-order valence-electron chi connectivity index (χ1n) is 7.88. The molecule has 0 fully saturated rings. The van der Waals surface area contributed by atoms with Crippen LogP contribution in [0.5, 0.6) is 0 Å². The fourth-order valence-corrected chi connectivity index (χ4v) is 2.13. The van der Waals surface area contributed by atoms with Crippen LogP contribution in [0.2, 0.25) is 5.15 Å². The van der Waals surface area contributed by atoms with E-state index in [1.165, 1.54) is 36.7 Å². The van der Waals surface area contributed by atoms with Gasteiger partial charge in [0.2, 0.25) is 5.91 Å². The number of allylic oxidation sites excluding steroid dienone is 1. The van der Waals surface area contributed by atoms with Crippen molar-refractivity contribution in [3.63, 3.8) is 0 Å². The minimum Gasteiger partial charge on any atom is -0.326 e. The molecular weight excluding hydrogens is 359 g/mol. The molecule has 0 saturated carbocycles. The van der Waals surface area contributed by atoms with E-state index in [0.29, 0.717) is 24.2 Å². The number of carbonyl (C=O) groups is 2. The fraction of sp³-hybridized carbons (Fsp3) is 0.222. The minimum atomic E-state index is -0.442. The van der Waals surface area contributed by atoms with Crippen molar-refractivity contribution in [1.29, 1.82) is 0 Å². The van der Waals surface area contributed by atoms with E-state index in [1.807, 2.05) is 0 Å². The van der Waals surface area contributed by atoms with Crippen LogP contribution in [0.4, 0.5) is 10.1 Å². The molecule has 0 saturated heterocycles. The SMILES string of the molecule is C=C(CCC(C)C(=O)Nc1ccc(F)cc1)NC(=O)c1cnc(Cl)cn1. The molecule has 2 amide bonds. The van der Waals surface area contributed by atoms with Gasteiger partial charge in [-0.1, -0.05) is 25.1 Å². The highest BCUT2D eigenvalue weighted by Gasteiger charge is 2.15. The number of amides is 2. The Bertz CT molecular complexity index is 794. The van der Waals surface area contributed by atoms with Crippen LogP contribution in [0.1, 0.15) is 30.3 Å². The Labute approximate surface area is 155 Å². The number of nitrogens with zero attached hydrogens (tertiary/aromatic N) is 2. The molecule has 2 aromatic rings. The quantitative estimate of drug-likeness (QED) is 0.773. The highest BCUT2D eigenvalue weighted by molar-refractivity contribution is 6.29. The normalized spacial score (nSPS) is 11.5. The Kier molecular flexibility index (Phi) is 6.80. The summed E-state index contributed by atoms with van der Waals surface area (Å²) in [5, 5.41) is 5.52. The van der Waals surface area contributed by atoms with E-state index in [-0.39, 0.29) is 28.5 Å². The van der Waals surface area contributed by atoms with Gasteiger partial charge in [-0.25, -0.2) is 14.4 Å². The molecule has 0 aliphatic carbocycles. The molecule has 0 bridgehead atoms. The van der Waals surface area contributed by atoms with E-state index in [2.05, 4.69) is 27.2 Å². The van der Waals surface area contributed by atoms with Crippen molar-refractivity contribution in [2.24, 2.45) is 5.92 Å². The summed E-state index contributed by atoms with van der Waals surface area (Å²) in [6, 6.07) is 5.53. The number of benzene rings is 1. The lowest BCUT2D eigenvalue weighted by Crippen LogP contribution is -2.25. The zero-order valence-electron chi connectivity index (χ0n) is 14.1. The summed E-state index contributed by atoms with van der Waals surface area (Å²) >= 11 is 5.62. The van der Waals surface area contributed by atoms with Gasteiger partial charge in [0.25, 0.3) is 5.91 Å². The summed E-state index contributed by atoms with van der Waals surface area (Å²) in [6.45, 7) is 5.55. The van der Waals surface area contributed by atoms with Gasteiger partial charge in [-0.15, -0.1) is 0 Å². The first kappa shape index (κ1) is 19.5. The van der Waals surface area contributed by atoms with Gasteiger partial charge in [0.1, 0.15) is 16.7 Å². The molecule has 0 spiro atoms. The summed E-state index contributed by atoms with van der Waals surface area (Å²) in [5.41, 5.74) is 1.11. The highest BCUT2D eigenvalue weighted by Crippen LogP contribution is 2.14. The van der Waals surface area contributed by atoms with Crippen LogP contribution in [0.15, 0.2) is 48.9 Å². The molecule has 2 N–H and O–H groups in total. The summed E-state index contributed by atoms with van der Waals surface area (Å²) in [6.07, 6.45) is 3.45. The Morgan fingerprint density at radius 2 is 1.92 bits per heavy atom. The summed E-state index contributed by atoms with van der Waals surface area (Å²) in [5.74, 6) is -1.32. The smallest absolute Gasteiger partial charge is 0.275 e. The van der Waals surface area contributed by atoms with E-state index in [4.69, 9.17) is 11.6 Å². The van der Waals surface area contributed by atoms with Gasteiger partial charge >= 0.3 is 0 Å². The second kappa shape index (κ2) is 9.05. The minimum absolute atomic E-state index is 0.123. The molecule has 1 unspecified atom stereocenters. The van der Waals surface area contributed by atoms with E-state index < -0.39 is 5.91 Å². The molecule has 1 aromatic carbocycles. The van der Waals surface area contributed by atoms with Gasteiger partial charge < -0.3 is 10.6 Å². The van der Waals surface area contributed by atoms with Gasteiger partial charge in [-0.3, -0.25) is 9.59 Å². The molecule has 6 nitrogen and oxygen atoms in total. The van der Waals surface area contributed by atoms with Crippen molar-refractivity contribution in [3.8, 4) is 0 Å². The highest BCUT2D eigenvalue weighted by atomic mass is 35.5. The maximum absolute atomic E-state index is 12.9. The predicted molar refractivity (Wildman–Crippen MR) is 97.1 cm³/mol. The first-order valence-corrected chi connectivity index (χ1v) is 8.26. The lowest BCUT2D eigenvalue weighted by atomic mass is 10.0. The third-order valence-corrected chi connectivity index (χ3v) is 3.78. The largest absolute Gasteiger partial charge is 0.326 e. The standard InChI is InChI=1S/C18H18ClFN4O2/c1-11(17(25)24-14-7-5-13(20)6-8-14)3-4-12(2)23-18(26)15-9-22-16(19)10-21-15/h5-11H,2-4H2,1H3,(H,23,26)(H,24,25). The molecule has 0 radical (unpaired) electrons. The molecule has 1 aromatic heterocycles. The predicted octanol–water partition coefficient (Wildman–Crippen LogP) is 3.57.